The lowest BCUT2D eigenvalue weighted by molar-refractivity contribution is 0.775. The Morgan fingerprint density at radius 3 is 2.20 bits per heavy atom. The highest BCUT2D eigenvalue weighted by atomic mass is 32.1. The Kier molecular flexibility index (Phi) is 6.32. The summed E-state index contributed by atoms with van der Waals surface area (Å²) in [4.78, 5) is 7.62. The topological polar surface area (TPSA) is 28.2 Å². The Morgan fingerprint density at radius 2 is 1.46 bits per heavy atom. The van der Waals surface area contributed by atoms with Gasteiger partial charge in [0.2, 0.25) is 0 Å². The van der Waals surface area contributed by atoms with E-state index in [1.807, 2.05) is 11.3 Å². The van der Waals surface area contributed by atoms with Crippen molar-refractivity contribution in [2.24, 2.45) is 0 Å². The Bertz CT molecular complexity index is 1870. The first-order valence-electron chi connectivity index (χ1n) is 14.6. The average molecular weight is 554 g/mol. The molecule has 7 rings (SSSR count). The molecule has 0 saturated carbocycles. The van der Waals surface area contributed by atoms with E-state index in [0.717, 1.165) is 11.2 Å². The van der Waals surface area contributed by atoms with Gasteiger partial charge < -0.3 is 10.2 Å². The summed E-state index contributed by atoms with van der Waals surface area (Å²) >= 11 is 1.84. The summed E-state index contributed by atoms with van der Waals surface area (Å²) in [6.45, 7) is 11.4. The maximum Gasteiger partial charge on any atom is 0.132 e. The number of hydrogen-bond donors (Lipinski definition) is 1. The van der Waals surface area contributed by atoms with Crippen LogP contribution >= 0.6 is 11.3 Å². The zero-order valence-electron chi connectivity index (χ0n) is 24.3. The zero-order chi connectivity index (χ0) is 28.2. The zero-order valence-corrected chi connectivity index (χ0v) is 25.1. The molecule has 41 heavy (non-hydrogen) atoms. The van der Waals surface area contributed by atoms with Crippen molar-refractivity contribution in [3.05, 3.63) is 119 Å². The maximum atomic E-state index is 5.08. The van der Waals surface area contributed by atoms with E-state index in [1.165, 1.54) is 59.5 Å². The van der Waals surface area contributed by atoms with Gasteiger partial charge in [-0.15, -0.1) is 11.3 Å². The standard InChI is InChI=1S/C37H35N3S/c1-22(2)28-18-26(25-13-7-6-8-14-25)19-29(23(3)4)36(28)40-31-16-10-9-15-30(31)39-37(40)27-20-33-35(38-21-27)34-24(5)12-11-17-32(34)41-33/h6-23,37,39H,1-5H3. The molecule has 1 N–H and O–H groups in total. The van der Waals surface area contributed by atoms with Crippen LogP contribution in [-0.4, -0.2) is 4.98 Å². The summed E-state index contributed by atoms with van der Waals surface area (Å²) in [5.74, 6) is 0.705. The summed E-state index contributed by atoms with van der Waals surface area (Å²) in [6, 6.07) is 33.2. The molecule has 3 heterocycles. The Hall–Kier alpha value is -4.15. The number of anilines is 3. The van der Waals surface area contributed by atoms with Crippen molar-refractivity contribution in [2.45, 2.75) is 52.6 Å². The van der Waals surface area contributed by atoms with E-state index in [-0.39, 0.29) is 6.17 Å². The fourth-order valence-electron chi connectivity index (χ4n) is 6.30. The van der Waals surface area contributed by atoms with Crippen molar-refractivity contribution < 1.29 is 0 Å². The highest BCUT2D eigenvalue weighted by molar-refractivity contribution is 7.25. The van der Waals surface area contributed by atoms with Crippen LogP contribution in [-0.2, 0) is 0 Å². The number of nitrogens with zero attached hydrogens (tertiary/aromatic N) is 2. The molecule has 6 aromatic rings. The van der Waals surface area contributed by atoms with Crippen LogP contribution in [0.4, 0.5) is 17.1 Å². The molecular weight excluding hydrogens is 518 g/mol. The second kappa shape index (κ2) is 10.0. The second-order valence-corrected chi connectivity index (χ2v) is 12.9. The normalized spacial score (nSPS) is 14.8. The third kappa shape index (κ3) is 4.29. The van der Waals surface area contributed by atoms with E-state index in [9.17, 15) is 0 Å². The molecule has 0 fully saturated rings. The van der Waals surface area contributed by atoms with Crippen LogP contribution in [0.5, 0.6) is 0 Å². The monoisotopic (exact) mass is 553 g/mol. The first-order chi connectivity index (χ1) is 19.9. The number of thiophene rings is 1. The quantitative estimate of drug-likeness (QED) is 0.230. The number of aryl methyl sites for hydroxylation is 1. The molecule has 3 nitrogen and oxygen atoms in total. The first-order valence-corrected chi connectivity index (χ1v) is 15.4. The molecule has 0 spiro atoms. The third-order valence-electron chi connectivity index (χ3n) is 8.36. The minimum absolute atomic E-state index is 0.0619. The van der Waals surface area contributed by atoms with Gasteiger partial charge in [0.25, 0.3) is 0 Å². The van der Waals surface area contributed by atoms with E-state index in [1.54, 1.807) is 0 Å². The summed E-state index contributed by atoms with van der Waals surface area (Å²) in [5, 5.41) is 5.16. The first kappa shape index (κ1) is 25.8. The highest BCUT2D eigenvalue weighted by Gasteiger charge is 2.35. The van der Waals surface area contributed by atoms with Crippen molar-refractivity contribution in [1.82, 2.24) is 4.98 Å². The molecule has 1 aliphatic heterocycles. The molecule has 4 aromatic carbocycles. The fraction of sp³-hybridized carbons (Fsp3) is 0.216. The number of rotatable bonds is 5. The van der Waals surface area contributed by atoms with E-state index in [4.69, 9.17) is 4.98 Å². The molecule has 4 heteroatoms. The lowest BCUT2D eigenvalue weighted by atomic mass is 9.87. The number of nitrogens with one attached hydrogen (secondary N) is 1. The smallest absolute Gasteiger partial charge is 0.132 e. The Labute approximate surface area is 246 Å². The van der Waals surface area contributed by atoms with E-state index < -0.39 is 0 Å². The average Bonchev–Trinajstić information content (AvgIpc) is 3.55. The predicted octanol–water partition coefficient (Wildman–Crippen LogP) is 10.9. The van der Waals surface area contributed by atoms with Gasteiger partial charge in [-0.25, -0.2) is 0 Å². The van der Waals surface area contributed by atoms with E-state index in [2.05, 4.69) is 142 Å². The van der Waals surface area contributed by atoms with Gasteiger partial charge in [0.05, 0.1) is 27.3 Å². The molecule has 1 atom stereocenters. The molecule has 0 saturated heterocycles. The molecule has 0 bridgehead atoms. The van der Waals surface area contributed by atoms with E-state index in [0.29, 0.717) is 11.8 Å². The number of pyridine rings is 1. The van der Waals surface area contributed by atoms with Gasteiger partial charge >= 0.3 is 0 Å². The lowest BCUT2D eigenvalue weighted by Gasteiger charge is -2.34. The molecule has 1 aliphatic rings. The number of hydrogen-bond acceptors (Lipinski definition) is 4. The van der Waals surface area contributed by atoms with Gasteiger partial charge in [-0.2, -0.15) is 0 Å². The molecule has 0 aliphatic carbocycles. The number of para-hydroxylation sites is 2. The molecule has 0 amide bonds. The molecule has 204 valence electrons. The van der Waals surface area contributed by atoms with Gasteiger partial charge in [-0.3, -0.25) is 4.98 Å². The summed E-state index contributed by atoms with van der Waals surface area (Å²) < 4.78 is 2.53. The van der Waals surface area contributed by atoms with Crippen LogP contribution in [0.15, 0.2) is 97.2 Å². The van der Waals surface area contributed by atoms with Crippen molar-refractivity contribution in [3.63, 3.8) is 0 Å². The number of fused-ring (bicyclic) bond motifs is 4. The fourth-order valence-corrected chi connectivity index (χ4v) is 7.49. The van der Waals surface area contributed by atoms with Crippen LogP contribution in [0, 0.1) is 6.92 Å². The SMILES string of the molecule is Cc1cccc2sc3cc(C4Nc5ccccc5N4c4c(C(C)C)cc(-c5ccccc5)cc4C(C)C)cnc3c12. The minimum atomic E-state index is -0.0619. The predicted molar refractivity (Wildman–Crippen MR) is 177 cm³/mol. The number of aromatic nitrogens is 1. The van der Waals surface area contributed by atoms with Crippen LogP contribution in [0.3, 0.4) is 0 Å². The molecular formula is C37H35N3S. The van der Waals surface area contributed by atoms with Gasteiger partial charge in [0.15, 0.2) is 0 Å². The third-order valence-corrected chi connectivity index (χ3v) is 9.45. The Balaban J connectivity index is 1.45. The summed E-state index contributed by atoms with van der Waals surface area (Å²) in [5.41, 5.74) is 12.5. The maximum absolute atomic E-state index is 5.08. The van der Waals surface area contributed by atoms with Crippen LogP contribution in [0.2, 0.25) is 0 Å². The van der Waals surface area contributed by atoms with Gasteiger partial charge in [-0.05, 0) is 83.0 Å². The van der Waals surface area contributed by atoms with Gasteiger partial charge in [-0.1, -0.05) is 82.3 Å². The molecule has 0 radical (unpaired) electrons. The van der Waals surface area contributed by atoms with Gasteiger partial charge in [0, 0.05) is 21.8 Å². The van der Waals surface area contributed by atoms with Crippen LogP contribution < -0.4 is 10.2 Å². The van der Waals surface area contributed by atoms with Crippen molar-refractivity contribution in [3.8, 4) is 11.1 Å². The van der Waals surface area contributed by atoms with Crippen molar-refractivity contribution in [1.29, 1.82) is 0 Å². The minimum Gasteiger partial charge on any atom is -0.359 e. The lowest BCUT2D eigenvalue weighted by Crippen LogP contribution is -2.26. The highest BCUT2D eigenvalue weighted by Crippen LogP contribution is 2.51. The molecule has 2 aromatic heterocycles. The van der Waals surface area contributed by atoms with Crippen LogP contribution in [0.1, 0.15) is 68.0 Å². The van der Waals surface area contributed by atoms with Gasteiger partial charge in [0.1, 0.15) is 6.17 Å². The summed E-state index contributed by atoms with van der Waals surface area (Å²) in [6.07, 6.45) is 2.02. The van der Waals surface area contributed by atoms with Crippen LogP contribution in [0.25, 0.3) is 31.4 Å². The van der Waals surface area contributed by atoms with Crippen molar-refractivity contribution in [2.75, 3.05) is 10.2 Å². The number of benzene rings is 4. The second-order valence-electron chi connectivity index (χ2n) is 11.8. The summed E-state index contributed by atoms with van der Waals surface area (Å²) in [7, 11) is 0. The van der Waals surface area contributed by atoms with E-state index >= 15 is 0 Å². The Morgan fingerprint density at radius 1 is 0.756 bits per heavy atom. The largest absolute Gasteiger partial charge is 0.359 e. The molecule has 1 unspecified atom stereocenters. The van der Waals surface area contributed by atoms with Crippen molar-refractivity contribution >= 4 is 48.7 Å².